The molecule has 0 fully saturated rings. The first-order valence-electron chi connectivity index (χ1n) is 10.5. The number of nitrogens with zero attached hydrogens (tertiary/aromatic N) is 3. The molecule has 4 rings (SSSR count). The van der Waals surface area contributed by atoms with Gasteiger partial charge >= 0.3 is 0 Å². The molecule has 0 spiro atoms. The number of benzene rings is 1. The van der Waals surface area contributed by atoms with E-state index in [9.17, 15) is 8.42 Å². The van der Waals surface area contributed by atoms with E-state index in [2.05, 4.69) is 48.2 Å². The molecule has 0 unspecified atom stereocenters. The van der Waals surface area contributed by atoms with Crippen molar-refractivity contribution in [2.45, 2.75) is 52.5 Å². The quantitative estimate of drug-likeness (QED) is 0.507. The Morgan fingerprint density at radius 1 is 1.29 bits per heavy atom. The average Bonchev–Trinajstić information content (AvgIpc) is 3.08. The zero-order chi connectivity index (χ0) is 22.3. The van der Waals surface area contributed by atoms with Crippen LogP contribution in [0, 0.1) is 0 Å². The van der Waals surface area contributed by atoms with Crippen LogP contribution in [0.1, 0.15) is 54.7 Å². The van der Waals surface area contributed by atoms with E-state index in [1.807, 2.05) is 0 Å². The van der Waals surface area contributed by atoms with Gasteiger partial charge in [0.05, 0.1) is 22.4 Å². The second kappa shape index (κ2) is 8.65. The summed E-state index contributed by atoms with van der Waals surface area (Å²) < 4.78 is 25.5. The van der Waals surface area contributed by atoms with Gasteiger partial charge in [-0.1, -0.05) is 38.8 Å². The predicted octanol–water partition coefficient (Wildman–Crippen LogP) is 5.48. The molecule has 3 aromatic rings. The van der Waals surface area contributed by atoms with Crippen LogP contribution in [0.4, 0.5) is 11.5 Å². The molecule has 0 radical (unpaired) electrons. The Morgan fingerprint density at radius 3 is 2.74 bits per heavy atom. The van der Waals surface area contributed by atoms with E-state index in [0.717, 1.165) is 45.0 Å². The lowest BCUT2D eigenvalue weighted by Crippen LogP contribution is -2.34. The van der Waals surface area contributed by atoms with Crippen LogP contribution < -0.4 is 5.32 Å². The lowest BCUT2D eigenvalue weighted by atomic mass is 9.94. The number of hydrogen-bond donors (Lipinski definition) is 1. The van der Waals surface area contributed by atoms with Crippen LogP contribution in [-0.2, 0) is 29.4 Å². The summed E-state index contributed by atoms with van der Waals surface area (Å²) in [5, 5.41) is 5.09. The van der Waals surface area contributed by atoms with Gasteiger partial charge in [0.2, 0.25) is 10.0 Å². The van der Waals surface area contributed by atoms with Crippen LogP contribution in [0.25, 0.3) is 10.2 Å². The van der Waals surface area contributed by atoms with E-state index in [1.165, 1.54) is 33.0 Å². The maximum Gasteiger partial charge on any atom is 0.211 e. The van der Waals surface area contributed by atoms with Gasteiger partial charge in [-0.05, 0) is 47.6 Å². The molecule has 166 valence electrons. The highest BCUT2D eigenvalue weighted by molar-refractivity contribution is 7.88. The minimum atomic E-state index is -3.22. The highest BCUT2D eigenvalue weighted by Gasteiger charge is 2.28. The summed E-state index contributed by atoms with van der Waals surface area (Å²) >= 11 is 8.19. The van der Waals surface area contributed by atoms with E-state index in [-0.39, 0.29) is 0 Å². The minimum absolute atomic E-state index is 0.388. The fraction of sp³-hybridized carbons (Fsp3) is 0.455. The minimum Gasteiger partial charge on any atom is -0.338 e. The van der Waals surface area contributed by atoms with E-state index in [0.29, 0.717) is 30.5 Å². The normalized spacial score (nSPS) is 14.9. The van der Waals surface area contributed by atoms with Crippen LogP contribution >= 0.6 is 22.9 Å². The van der Waals surface area contributed by atoms with Crippen LogP contribution in [0.2, 0.25) is 5.02 Å². The molecule has 31 heavy (non-hydrogen) atoms. The van der Waals surface area contributed by atoms with Gasteiger partial charge in [0.25, 0.3) is 0 Å². The monoisotopic (exact) mass is 478 g/mol. The molecule has 9 heteroatoms. The van der Waals surface area contributed by atoms with Gasteiger partial charge in [-0.15, -0.1) is 11.3 Å². The Balaban J connectivity index is 1.75. The predicted molar refractivity (Wildman–Crippen MR) is 129 cm³/mol. The van der Waals surface area contributed by atoms with Gasteiger partial charge in [0.1, 0.15) is 17.0 Å². The zero-order valence-electron chi connectivity index (χ0n) is 18.2. The van der Waals surface area contributed by atoms with Crippen molar-refractivity contribution < 1.29 is 8.42 Å². The third kappa shape index (κ3) is 4.44. The van der Waals surface area contributed by atoms with Gasteiger partial charge in [0.15, 0.2) is 0 Å². The zero-order valence-corrected chi connectivity index (χ0v) is 20.6. The maximum atomic E-state index is 12.0. The number of hydrogen-bond acceptors (Lipinski definition) is 6. The van der Waals surface area contributed by atoms with E-state index in [4.69, 9.17) is 11.6 Å². The summed E-state index contributed by atoms with van der Waals surface area (Å²) in [6.45, 7) is 7.40. The fourth-order valence-corrected chi connectivity index (χ4v) is 6.45. The van der Waals surface area contributed by atoms with Crippen LogP contribution in [0.15, 0.2) is 18.5 Å². The molecule has 0 saturated heterocycles. The second-order valence-electron chi connectivity index (χ2n) is 8.31. The highest BCUT2D eigenvalue weighted by atomic mass is 35.5. The van der Waals surface area contributed by atoms with E-state index in [1.54, 1.807) is 6.33 Å². The highest BCUT2D eigenvalue weighted by Crippen LogP contribution is 2.40. The number of aryl methyl sites for hydroxylation is 1. The first-order chi connectivity index (χ1) is 14.7. The molecule has 1 aromatic carbocycles. The SMILES string of the molecule is CCCc1cc(Nc2ncnc3sc4c(c23)CCN(S(C)(=O)=O)C4)c(Cl)cc1C(C)C. The molecule has 2 aromatic heterocycles. The summed E-state index contributed by atoms with van der Waals surface area (Å²) in [6.07, 6.45) is 5.51. The standard InChI is InChI=1S/C22H27ClN4O2S2/c1-5-6-14-9-18(17(23)10-16(14)13(2)3)26-21-20-15-7-8-27(31(4,28)29)11-19(15)30-22(20)25-12-24-21/h9-10,12-13H,5-8,11H2,1-4H3,(H,24,25,26). The van der Waals surface area contributed by atoms with Crippen LogP contribution in [0.3, 0.4) is 0 Å². The van der Waals surface area contributed by atoms with Crippen LogP contribution in [-0.4, -0.2) is 35.5 Å². The van der Waals surface area contributed by atoms with Gasteiger partial charge in [-0.2, -0.15) is 4.31 Å². The molecule has 3 heterocycles. The molecule has 1 aliphatic rings. The Kier molecular flexibility index (Phi) is 6.27. The summed E-state index contributed by atoms with van der Waals surface area (Å²) in [7, 11) is -3.22. The summed E-state index contributed by atoms with van der Waals surface area (Å²) in [5.74, 6) is 1.12. The topological polar surface area (TPSA) is 75.2 Å². The molecular formula is C22H27ClN4O2S2. The largest absolute Gasteiger partial charge is 0.338 e. The fourth-order valence-electron chi connectivity index (χ4n) is 4.16. The molecule has 6 nitrogen and oxygen atoms in total. The first-order valence-corrected chi connectivity index (χ1v) is 13.5. The molecule has 1 aliphatic heterocycles. The number of aromatic nitrogens is 2. The first kappa shape index (κ1) is 22.5. The summed E-state index contributed by atoms with van der Waals surface area (Å²) in [5.41, 5.74) is 4.54. The van der Waals surface area contributed by atoms with Crippen molar-refractivity contribution in [1.82, 2.24) is 14.3 Å². The van der Waals surface area contributed by atoms with Crippen molar-refractivity contribution in [3.05, 3.63) is 45.1 Å². The lowest BCUT2D eigenvalue weighted by Gasteiger charge is -2.24. The molecule has 0 amide bonds. The van der Waals surface area contributed by atoms with Crippen molar-refractivity contribution in [3.63, 3.8) is 0 Å². The summed E-state index contributed by atoms with van der Waals surface area (Å²) in [6, 6.07) is 4.20. The van der Waals surface area contributed by atoms with Gasteiger partial charge in [0, 0.05) is 18.0 Å². The molecule has 0 saturated carbocycles. The number of thiophene rings is 1. The van der Waals surface area contributed by atoms with E-state index >= 15 is 0 Å². The Morgan fingerprint density at radius 2 is 2.06 bits per heavy atom. The molecule has 0 bridgehead atoms. The molecule has 0 aliphatic carbocycles. The lowest BCUT2D eigenvalue weighted by molar-refractivity contribution is 0.400. The third-order valence-electron chi connectivity index (χ3n) is 5.69. The van der Waals surface area contributed by atoms with Crippen molar-refractivity contribution in [2.24, 2.45) is 0 Å². The second-order valence-corrected chi connectivity index (χ2v) is 11.8. The third-order valence-corrected chi connectivity index (χ3v) is 8.38. The van der Waals surface area contributed by atoms with Gasteiger partial charge in [-0.3, -0.25) is 0 Å². The number of rotatable bonds is 6. The number of sulfonamides is 1. The number of nitrogens with one attached hydrogen (secondary N) is 1. The molecular weight excluding hydrogens is 452 g/mol. The van der Waals surface area contributed by atoms with Crippen molar-refractivity contribution in [2.75, 3.05) is 18.1 Å². The number of fused-ring (bicyclic) bond motifs is 3. The van der Waals surface area contributed by atoms with Gasteiger partial charge in [-0.25, -0.2) is 18.4 Å². The molecule has 1 N–H and O–H groups in total. The molecule has 0 atom stereocenters. The van der Waals surface area contributed by atoms with E-state index < -0.39 is 10.0 Å². The van der Waals surface area contributed by atoms with Crippen molar-refractivity contribution in [1.29, 1.82) is 0 Å². The Hall–Kier alpha value is -1.74. The van der Waals surface area contributed by atoms with Crippen molar-refractivity contribution >= 4 is 54.7 Å². The Bertz CT molecular complexity index is 1240. The number of anilines is 2. The number of halogens is 1. The average molecular weight is 479 g/mol. The summed E-state index contributed by atoms with van der Waals surface area (Å²) in [4.78, 5) is 10.9. The maximum absolute atomic E-state index is 12.0. The van der Waals surface area contributed by atoms with Crippen LogP contribution in [0.5, 0.6) is 0 Å². The van der Waals surface area contributed by atoms with Gasteiger partial charge < -0.3 is 5.32 Å². The Labute approximate surface area is 192 Å². The smallest absolute Gasteiger partial charge is 0.211 e. The van der Waals surface area contributed by atoms with Crippen molar-refractivity contribution in [3.8, 4) is 0 Å².